The fraction of sp³-hybridized carbons (Fsp3) is 0.0800. The van der Waals surface area contributed by atoms with Gasteiger partial charge in [-0.1, -0.05) is 23.8 Å². The smallest absolute Gasteiger partial charge is 0.256 e. The van der Waals surface area contributed by atoms with Gasteiger partial charge in [0.15, 0.2) is 5.65 Å². The lowest BCUT2D eigenvalue weighted by molar-refractivity contribution is 0.102. The lowest BCUT2D eigenvalue weighted by Crippen LogP contribution is -2.13. The van der Waals surface area contributed by atoms with Crippen LogP contribution < -0.4 is 5.32 Å². The van der Waals surface area contributed by atoms with E-state index >= 15 is 0 Å². The Hall–Kier alpha value is -4.39. The van der Waals surface area contributed by atoms with E-state index < -0.39 is 0 Å². The molecule has 0 fully saturated rings. The molecule has 0 aliphatic heterocycles. The van der Waals surface area contributed by atoms with Crippen molar-refractivity contribution in [3.05, 3.63) is 96.1 Å². The van der Waals surface area contributed by atoms with Crippen molar-refractivity contribution >= 4 is 17.4 Å². The van der Waals surface area contributed by atoms with Gasteiger partial charge in [-0.2, -0.15) is 5.10 Å². The summed E-state index contributed by atoms with van der Waals surface area (Å²) in [4.78, 5) is 26.0. The number of rotatable bonds is 4. The Balaban J connectivity index is 1.59. The molecule has 7 nitrogen and oxygen atoms in total. The molecule has 0 spiro atoms. The Morgan fingerprint density at radius 3 is 2.59 bits per heavy atom. The molecule has 0 aliphatic carbocycles. The van der Waals surface area contributed by atoms with Crippen LogP contribution in [0.25, 0.3) is 28.2 Å². The molecule has 0 bridgehead atoms. The fourth-order valence-electron chi connectivity index (χ4n) is 3.66. The van der Waals surface area contributed by atoms with Crippen LogP contribution in [0.15, 0.2) is 79.3 Å². The van der Waals surface area contributed by atoms with Crippen molar-refractivity contribution in [3.8, 4) is 22.5 Å². The van der Waals surface area contributed by atoms with Gasteiger partial charge >= 0.3 is 0 Å². The minimum Gasteiger partial charge on any atom is -0.307 e. The maximum absolute atomic E-state index is 12.7. The van der Waals surface area contributed by atoms with Crippen molar-refractivity contribution in [2.45, 2.75) is 13.8 Å². The van der Waals surface area contributed by atoms with Crippen molar-refractivity contribution < 1.29 is 4.79 Å². The first kappa shape index (κ1) is 19.6. The molecule has 4 aromatic heterocycles. The van der Waals surface area contributed by atoms with E-state index in [4.69, 9.17) is 4.98 Å². The largest absolute Gasteiger partial charge is 0.307 e. The quantitative estimate of drug-likeness (QED) is 0.455. The number of aryl methyl sites for hydroxylation is 2. The maximum Gasteiger partial charge on any atom is 0.256 e. The first-order valence-electron chi connectivity index (χ1n) is 10.2. The number of amides is 1. The van der Waals surface area contributed by atoms with Crippen molar-refractivity contribution in [3.63, 3.8) is 0 Å². The van der Waals surface area contributed by atoms with Crippen LogP contribution in [-0.2, 0) is 0 Å². The molecule has 7 heteroatoms. The summed E-state index contributed by atoms with van der Waals surface area (Å²) in [6, 6.07) is 19.1. The van der Waals surface area contributed by atoms with Crippen molar-refractivity contribution in [1.29, 1.82) is 0 Å². The number of anilines is 1. The Morgan fingerprint density at radius 2 is 1.75 bits per heavy atom. The third-order valence-electron chi connectivity index (χ3n) is 5.12. The summed E-state index contributed by atoms with van der Waals surface area (Å²) >= 11 is 0. The van der Waals surface area contributed by atoms with E-state index in [1.165, 1.54) is 0 Å². The number of hydrogen-bond donors (Lipinski definition) is 1. The predicted octanol–water partition coefficient (Wildman–Crippen LogP) is 4.72. The van der Waals surface area contributed by atoms with Gasteiger partial charge in [0, 0.05) is 41.0 Å². The third-order valence-corrected chi connectivity index (χ3v) is 5.12. The lowest BCUT2D eigenvalue weighted by atomic mass is 10.0. The van der Waals surface area contributed by atoms with E-state index in [1.807, 2.05) is 47.8 Å². The molecule has 1 N–H and O–H groups in total. The molecule has 1 aromatic carbocycles. The average Bonchev–Trinajstić information content (AvgIpc) is 3.19. The van der Waals surface area contributed by atoms with Gasteiger partial charge < -0.3 is 5.32 Å². The summed E-state index contributed by atoms with van der Waals surface area (Å²) in [5.41, 5.74) is 6.71. The molecule has 0 unspecified atom stereocenters. The molecule has 0 saturated carbocycles. The summed E-state index contributed by atoms with van der Waals surface area (Å²) in [5.74, 6) is 0.207. The van der Waals surface area contributed by atoms with E-state index in [0.717, 1.165) is 39.4 Å². The Morgan fingerprint density at radius 1 is 0.875 bits per heavy atom. The average molecular weight is 420 g/mol. The van der Waals surface area contributed by atoms with Crippen molar-refractivity contribution in [2.75, 3.05) is 5.32 Å². The van der Waals surface area contributed by atoms with Crippen LogP contribution in [0.3, 0.4) is 0 Å². The highest BCUT2D eigenvalue weighted by Gasteiger charge is 2.18. The first-order chi connectivity index (χ1) is 15.6. The SMILES string of the molecule is Cc1cccc(-c2nc3cccnn3c2-c2ccnc(NC(=O)c3ccnc(C)c3)c2)c1. The summed E-state index contributed by atoms with van der Waals surface area (Å²) in [6.45, 7) is 3.90. The number of aromatic nitrogens is 5. The molecule has 4 heterocycles. The number of imidazole rings is 1. The zero-order chi connectivity index (χ0) is 22.1. The Bertz CT molecular complexity index is 1460. The van der Waals surface area contributed by atoms with E-state index in [1.54, 1.807) is 30.7 Å². The summed E-state index contributed by atoms with van der Waals surface area (Å²) in [7, 11) is 0. The summed E-state index contributed by atoms with van der Waals surface area (Å²) in [6.07, 6.45) is 5.02. The number of hydrogen-bond acceptors (Lipinski definition) is 5. The van der Waals surface area contributed by atoms with Gasteiger partial charge in [0.25, 0.3) is 5.91 Å². The van der Waals surface area contributed by atoms with Crippen LogP contribution >= 0.6 is 0 Å². The van der Waals surface area contributed by atoms with Crippen LogP contribution in [0.1, 0.15) is 21.6 Å². The molecule has 0 atom stereocenters. The van der Waals surface area contributed by atoms with Crippen molar-refractivity contribution in [1.82, 2.24) is 24.6 Å². The first-order valence-corrected chi connectivity index (χ1v) is 10.2. The zero-order valence-corrected chi connectivity index (χ0v) is 17.6. The number of carbonyl (C=O) groups is 1. The molecular weight excluding hydrogens is 400 g/mol. The molecule has 0 radical (unpaired) electrons. The molecule has 1 amide bonds. The van der Waals surface area contributed by atoms with Gasteiger partial charge in [0.05, 0.1) is 5.69 Å². The minimum atomic E-state index is -0.240. The van der Waals surface area contributed by atoms with Gasteiger partial charge in [-0.15, -0.1) is 0 Å². The standard InChI is InChI=1S/C25H20N6O/c1-16-5-3-6-18(13-16)23-24(31-22(30-23)7-4-10-28-31)19-8-12-27-21(15-19)29-25(32)20-9-11-26-17(2)14-20/h3-15H,1-2H3,(H,27,29,32). The van der Waals surface area contributed by atoms with Crippen LogP contribution in [0.4, 0.5) is 5.82 Å². The second kappa shape index (κ2) is 8.03. The highest BCUT2D eigenvalue weighted by molar-refractivity contribution is 6.04. The van der Waals surface area contributed by atoms with Crippen LogP contribution in [0.2, 0.25) is 0 Å². The number of nitrogens with one attached hydrogen (secondary N) is 1. The lowest BCUT2D eigenvalue weighted by Gasteiger charge is -2.09. The molecule has 5 aromatic rings. The van der Waals surface area contributed by atoms with Crippen molar-refractivity contribution in [2.24, 2.45) is 0 Å². The number of benzene rings is 1. The number of nitrogens with zero attached hydrogens (tertiary/aromatic N) is 5. The Labute approximate surface area is 184 Å². The summed E-state index contributed by atoms with van der Waals surface area (Å²) < 4.78 is 1.81. The minimum absolute atomic E-state index is 0.240. The van der Waals surface area contributed by atoms with E-state index in [2.05, 4.69) is 39.4 Å². The van der Waals surface area contributed by atoms with Gasteiger partial charge in [0.2, 0.25) is 0 Å². The van der Waals surface area contributed by atoms with Gasteiger partial charge in [-0.25, -0.2) is 14.5 Å². The van der Waals surface area contributed by atoms with Gasteiger partial charge in [-0.05, 0) is 56.3 Å². The Kier molecular flexibility index (Phi) is 4.91. The van der Waals surface area contributed by atoms with Gasteiger partial charge in [-0.3, -0.25) is 9.78 Å². The maximum atomic E-state index is 12.7. The highest BCUT2D eigenvalue weighted by atomic mass is 16.1. The van der Waals surface area contributed by atoms with E-state index in [9.17, 15) is 4.79 Å². The molecule has 0 saturated heterocycles. The molecule has 156 valence electrons. The fourth-order valence-corrected chi connectivity index (χ4v) is 3.66. The topological polar surface area (TPSA) is 85.1 Å². The number of pyridine rings is 2. The second-order valence-corrected chi connectivity index (χ2v) is 7.54. The zero-order valence-electron chi connectivity index (χ0n) is 17.6. The number of fused-ring (bicyclic) bond motifs is 1. The van der Waals surface area contributed by atoms with E-state index in [-0.39, 0.29) is 5.91 Å². The van der Waals surface area contributed by atoms with Crippen LogP contribution in [0, 0.1) is 13.8 Å². The van der Waals surface area contributed by atoms with Crippen LogP contribution in [-0.4, -0.2) is 30.5 Å². The highest BCUT2D eigenvalue weighted by Crippen LogP contribution is 2.33. The monoisotopic (exact) mass is 420 g/mol. The third kappa shape index (κ3) is 3.72. The molecular formula is C25H20N6O. The predicted molar refractivity (Wildman–Crippen MR) is 123 cm³/mol. The van der Waals surface area contributed by atoms with Gasteiger partial charge in [0.1, 0.15) is 11.5 Å². The molecule has 32 heavy (non-hydrogen) atoms. The summed E-state index contributed by atoms with van der Waals surface area (Å²) in [5, 5.41) is 7.39. The molecule has 5 rings (SSSR count). The van der Waals surface area contributed by atoms with E-state index in [0.29, 0.717) is 11.4 Å². The second-order valence-electron chi connectivity index (χ2n) is 7.54. The molecule has 0 aliphatic rings. The number of carbonyl (C=O) groups excluding carboxylic acids is 1. The van der Waals surface area contributed by atoms with Crippen LogP contribution in [0.5, 0.6) is 0 Å². The normalized spacial score (nSPS) is 10.9.